The fraction of sp³-hybridized carbons (Fsp3) is 0.500. The van der Waals surface area contributed by atoms with Crippen LogP contribution >= 0.6 is 11.3 Å². The molecule has 0 spiro atoms. The lowest BCUT2D eigenvalue weighted by atomic mass is 10.4. The van der Waals surface area contributed by atoms with E-state index in [9.17, 15) is 13.6 Å². The van der Waals surface area contributed by atoms with E-state index in [1.54, 1.807) is 0 Å². The molecule has 0 aliphatic carbocycles. The van der Waals surface area contributed by atoms with Gasteiger partial charge in [0.25, 0.3) is 12.3 Å². The first-order valence-electron chi connectivity index (χ1n) is 4.61. The van der Waals surface area contributed by atoms with Gasteiger partial charge in [0.15, 0.2) is 5.13 Å². The van der Waals surface area contributed by atoms with E-state index in [0.717, 1.165) is 11.3 Å². The minimum absolute atomic E-state index is 0.0488. The molecule has 1 amide bonds. The number of nitrogens with two attached hydrogens (primary N) is 1. The number of rotatable bonds is 5. The second-order valence-electron chi connectivity index (χ2n) is 2.86. The van der Waals surface area contributed by atoms with Gasteiger partial charge in [0.1, 0.15) is 10.7 Å². The number of carbonyl (C=O) groups excluding carboxylic acids is 1. The molecular formula is C8H12F2N4OS. The molecule has 1 rings (SSSR count). The molecule has 1 aromatic rings. The third-order valence-electron chi connectivity index (χ3n) is 1.60. The smallest absolute Gasteiger partial charge is 0.265 e. The van der Waals surface area contributed by atoms with Gasteiger partial charge in [0.05, 0.1) is 6.54 Å². The Morgan fingerprint density at radius 2 is 2.31 bits per heavy atom. The molecule has 16 heavy (non-hydrogen) atoms. The third-order valence-corrected chi connectivity index (χ3v) is 2.63. The van der Waals surface area contributed by atoms with Crippen LogP contribution in [0.15, 0.2) is 0 Å². The summed E-state index contributed by atoms with van der Waals surface area (Å²) in [4.78, 5) is 15.4. The highest BCUT2D eigenvalue weighted by atomic mass is 32.1. The highest BCUT2D eigenvalue weighted by Crippen LogP contribution is 2.24. The summed E-state index contributed by atoms with van der Waals surface area (Å²) in [5.41, 5.74) is 5.49. The first-order valence-corrected chi connectivity index (χ1v) is 5.42. The van der Waals surface area contributed by atoms with Crippen molar-refractivity contribution < 1.29 is 13.6 Å². The van der Waals surface area contributed by atoms with Crippen LogP contribution in [0.4, 0.5) is 19.7 Å². The normalized spacial score (nSPS) is 10.5. The van der Waals surface area contributed by atoms with Crippen molar-refractivity contribution in [3.05, 3.63) is 4.88 Å². The monoisotopic (exact) mass is 250 g/mol. The minimum Gasteiger partial charge on any atom is -0.382 e. The number of nitrogen functional groups attached to an aromatic ring is 1. The summed E-state index contributed by atoms with van der Waals surface area (Å²) in [5, 5.41) is 5.46. The first-order chi connectivity index (χ1) is 7.54. The zero-order chi connectivity index (χ0) is 12.1. The van der Waals surface area contributed by atoms with E-state index in [1.165, 1.54) is 0 Å². The van der Waals surface area contributed by atoms with Gasteiger partial charge in [-0.25, -0.2) is 13.8 Å². The maximum atomic E-state index is 11.9. The molecule has 4 N–H and O–H groups in total. The van der Waals surface area contributed by atoms with Crippen molar-refractivity contribution in [3.63, 3.8) is 0 Å². The summed E-state index contributed by atoms with van der Waals surface area (Å²) < 4.78 is 23.7. The Kier molecular flexibility index (Phi) is 4.41. The predicted molar refractivity (Wildman–Crippen MR) is 59.0 cm³/mol. The summed E-state index contributed by atoms with van der Waals surface area (Å²) in [5.74, 6) is -0.577. The van der Waals surface area contributed by atoms with Crippen LogP contribution in [0.5, 0.6) is 0 Å². The number of alkyl halides is 2. The molecule has 5 nitrogen and oxygen atoms in total. The molecule has 90 valence electrons. The molecule has 0 unspecified atom stereocenters. The molecule has 0 saturated heterocycles. The van der Waals surface area contributed by atoms with Crippen LogP contribution in [0.2, 0.25) is 0 Å². The number of nitrogens with one attached hydrogen (secondary N) is 2. The lowest BCUT2D eigenvalue weighted by Gasteiger charge is -2.01. The van der Waals surface area contributed by atoms with E-state index < -0.39 is 18.9 Å². The molecule has 0 aliphatic heterocycles. The van der Waals surface area contributed by atoms with Crippen molar-refractivity contribution in [1.29, 1.82) is 0 Å². The van der Waals surface area contributed by atoms with Gasteiger partial charge >= 0.3 is 0 Å². The third kappa shape index (κ3) is 3.30. The van der Waals surface area contributed by atoms with Crippen LogP contribution in [0.1, 0.15) is 16.6 Å². The van der Waals surface area contributed by atoms with E-state index in [1.807, 2.05) is 6.92 Å². The van der Waals surface area contributed by atoms with Crippen LogP contribution in [0.25, 0.3) is 0 Å². The number of carbonyl (C=O) groups is 1. The van der Waals surface area contributed by atoms with Gasteiger partial charge in [0, 0.05) is 6.54 Å². The van der Waals surface area contributed by atoms with Gasteiger partial charge in [-0.1, -0.05) is 11.3 Å². The number of hydrogen-bond donors (Lipinski definition) is 3. The van der Waals surface area contributed by atoms with Crippen molar-refractivity contribution in [2.24, 2.45) is 0 Å². The van der Waals surface area contributed by atoms with Crippen LogP contribution in [-0.2, 0) is 0 Å². The first kappa shape index (κ1) is 12.6. The number of amides is 1. The molecule has 0 saturated carbocycles. The number of nitrogens with zero attached hydrogens (tertiary/aromatic N) is 1. The SMILES string of the molecule is CCNc1nc(N)c(C(=O)NCC(F)F)s1. The molecule has 0 aliphatic rings. The van der Waals surface area contributed by atoms with E-state index in [0.29, 0.717) is 11.7 Å². The second-order valence-corrected chi connectivity index (χ2v) is 3.86. The minimum atomic E-state index is -2.58. The van der Waals surface area contributed by atoms with Crippen LogP contribution in [0, 0.1) is 0 Å². The summed E-state index contributed by atoms with van der Waals surface area (Å²) in [6.45, 7) is 1.83. The Labute approximate surface area is 95.0 Å². The van der Waals surface area contributed by atoms with Gasteiger partial charge in [-0.2, -0.15) is 0 Å². The topological polar surface area (TPSA) is 80.0 Å². The zero-order valence-corrected chi connectivity index (χ0v) is 9.41. The Hall–Kier alpha value is -1.44. The number of thiazole rings is 1. The fourth-order valence-corrected chi connectivity index (χ4v) is 1.84. The van der Waals surface area contributed by atoms with Crippen LogP contribution in [0.3, 0.4) is 0 Å². The van der Waals surface area contributed by atoms with Crippen LogP contribution in [-0.4, -0.2) is 30.4 Å². The molecule has 8 heteroatoms. The highest BCUT2D eigenvalue weighted by molar-refractivity contribution is 7.18. The fourth-order valence-electron chi connectivity index (χ4n) is 0.972. The van der Waals surface area contributed by atoms with Gasteiger partial charge < -0.3 is 16.4 Å². The number of halogens is 2. The van der Waals surface area contributed by atoms with Gasteiger partial charge in [-0.15, -0.1) is 0 Å². The highest BCUT2D eigenvalue weighted by Gasteiger charge is 2.16. The van der Waals surface area contributed by atoms with Crippen molar-refractivity contribution in [1.82, 2.24) is 10.3 Å². The van der Waals surface area contributed by atoms with Crippen molar-refractivity contribution in [2.45, 2.75) is 13.3 Å². The van der Waals surface area contributed by atoms with Crippen molar-refractivity contribution >= 4 is 28.2 Å². The molecule has 0 radical (unpaired) electrons. The van der Waals surface area contributed by atoms with Crippen LogP contribution < -0.4 is 16.4 Å². The maximum absolute atomic E-state index is 11.9. The van der Waals surface area contributed by atoms with Crippen molar-refractivity contribution in [3.8, 4) is 0 Å². The van der Waals surface area contributed by atoms with E-state index in [-0.39, 0.29) is 10.7 Å². The molecular weight excluding hydrogens is 238 g/mol. The quantitative estimate of drug-likeness (QED) is 0.732. The summed E-state index contributed by atoms with van der Waals surface area (Å²) in [6.07, 6.45) is -2.58. The Morgan fingerprint density at radius 3 is 2.88 bits per heavy atom. The molecule has 1 aromatic heterocycles. The average Bonchev–Trinajstić information content (AvgIpc) is 2.56. The standard InChI is InChI=1S/C8H12F2N4OS/c1-2-12-8-14-6(11)5(16-8)7(15)13-3-4(9)10/h4H,2-3,11H2,1H3,(H,12,14)(H,13,15). The summed E-state index contributed by atoms with van der Waals surface area (Å²) >= 11 is 1.04. The van der Waals surface area contributed by atoms with Gasteiger partial charge in [0.2, 0.25) is 0 Å². The summed E-state index contributed by atoms with van der Waals surface area (Å²) in [6, 6.07) is 0. The summed E-state index contributed by atoms with van der Waals surface area (Å²) in [7, 11) is 0. The zero-order valence-electron chi connectivity index (χ0n) is 8.59. The Morgan fingerprint density at radius 1 is 1.62 bits per heavy atom. The predicted octanol–water partition coefficient (Wildman–Crippen LogP) is 1.15. The maximum Gasteiger partial charge on any atom is 0.265 e. The van der Waals surface area contributed by atoms with Gasteiger partial charge in [-0.05, 0) is 6.92 Å². The van der Waals surface area contributed by atoms with E-state index in [2.05, 4.69) is 15.6 Å². The van der Waals surface area contributed by atoms with E-state index in [4.69, 9.17) is 5.73 Å². The molecule has 1 heterocycles. The molecule has 0 atom stereocenters. The van der Waals surface area contributed by atoms with E-state index >= 15 is 0 Å². The number of hydrogen-bond acceptors (Lipinski definition) is 5. The molecule has 0 bridgehead atoms. The largest absolute Gasteiger partial charge is 0.382 e. The van der Waals surface area contributed by atoms with Crippen molar-refractivity contribution in [2.75, 3.05) is 24.1 Å². The number of anilines is 2. The lowest BCUT2D eigenvalue weighted by molar-refractivity contribution is 0.0896. The lowest BCUT2D eigenvalue weighted by Crippen LogP contribution is -2.28. The number of aromatic nitrogens is 1. The average molecular weight is 250 g/mol. The molecule has 0 aromatic carbocycles. The molecule has 0 fully saturated rings. The Bertz CT molecular complexity index is 369. The van der Waals surface area contributed by atoms with Gasteiger partial charge in [-0.3, -0.25) is 4.79 Å². The Balaban J connectivity index is 2.67. The second kappa shape index (κ2) is 5.59.